The third-order valence-electron chi connectivity index (χ3n) is 9.25. The van der Waals surface area contributed by atoms with Crippen LogP contribution in [0, 0.1) is 6.92 Å². The van der Waals surface area contributed by atoms with Gasteiger partial charge in [-0.05, 0) is 79.5 Å². The Hall–Kier alpha value is -3.87. The third kappa shape index (κ3) is 4.14. The molecule has 3 aliphatic rings. The van der Waals surface area contributed by atoms with E-state index >= 15 is 0 Å². The largest absolute Gasteiger partial charge is 0.378 e. The summed E-state index contributed by atoms with van der Waals surface area (Å²) >= 11 is 0. The summed E-state index contributed by atoms with van der Waals surface area (Å²) in [6.45, 7) is 3.93. The van der Waals surface area contributed by atoms with Crippen LogP contribution in [0.2, 0.25) is 0 Å². The number of H-pyrrole nitrogens is 1. The van der Waals surface area contributed by atoms with Crippen molar-refractivity contribution in [2.75, 3.05) is 13.2 Å². The molecule has 200 valence electrons. The lowest BCUT2D eigenvalue weighted by atomic mass is 9.87. The van der Waals surface area contributed by atoms with Gasteiger partial charge in [0.25, 0.3) is 0 Å². The number of hydrogen-bond acceptors (Lipinski definition) is 5. The summed E-state index contributed by atoms with van der Waals surface area (Å²) in [5.74, 6) is 0. The number of aromatic amines is 1. The molecule has 1 N–H and O–H groups in total. The monoisotopic (exact) mass is 527 g/mol. The van der Waals surface area contributed by atoms with E-state index in [1.165, 1.54) is 41.5 Å². The Kier molecular flexibility index (Phi) is 5.78. The summed E-state index contributed by atoms with van der Waals surface area (Å²) in [6.07, 6.45) is 9.95. The van der Waals surface area contributed by atoms with Crippen LogP contribution in [-0.4, -0.2) is 56.4 Å². The van der Waals surface area contributed by atoms with Crippen molar-refractivity contribution in [2.24, 2.45) is 0 Å². The highest BCUT2D eigenvalue weighted by molar-refractivity contribution is 5.93. The van der Waals surface area contributed by atoms with Crippen LogP contribution in [0.5, 0.6) is 0 Å². The summed E-state index contributed by atoms with van der Waals surface area (Å²) in [7, 11) is 0. The Morgan fingerprint density at radius 3 is 2.35 bits per heavy atom. The average molecular weight is 528 g/mol. The zero-order chi connectivity index (χ0) is 26.6. The molecule has 3 aromatic heterocycles. The molecular formula is C34H33N5O. The second-order valence-electron chi connectivity index (χ2n) is 11.7. The van der Waals surface area contributed by atoms with Crippen LogP contribution in [0.3, 0.4) is 0 Å². The van der Waals surface area contributed by atoms with Gasteiger partial charge in [0.15, 0.2) is 5.65 Å². The number of hydrogen-bond donors (Lipinski definition) is 1. The van der Waals surface area contributed by atoms with Gasteiger partial charge in [-0.25, -0.2) is 4.98 Å². The van der Waals surface area contributed by atoms with E-state index in [4.69, 9.17) is 9.72 Å². The first-order chi connectivity index (χ1) is 19.7. The maximum atomic E-state index is 5.74. The molecule has 2 aromatic carbocycles. The van der Waals surface area contributed by atoms with E-state index in [0.29, 0.717) is 18.1 Å². The van der Waals surface area contributed by atoms with Crippen molar-refractivity contribution < 1.29 is 4.74 Å². The van der Waals surface area contributed by atoms with Crippen LogP contribution in [0.4, 0.5) is 0 Å². The second-order valence-corrected chi connectivity index (χ2v) is 11.7. The van der Waals surface area contributed by atoms with Gasteiger partial charge in [0.2, 0.25) is 0 Å². The molecule has 2 fully saturated rings. The number of aryl methyl sites for hydroxylation is 3. The number of ether oxygens (including phenoxy) is 1. The van der Waals surface area contributed by atoms with Gasteiger partial charge in [0.1, 0.15) is 5.69 Å². The van der Waals surface area contributed by atoms with E-state index in [-0.39, 0.29) is 0 Å². The summed E-state index contributed by atoms with van der Waals surface area (Å²) in [4.78, 5) is 12.1. The first-order valence-electron chi connectivity index (χ1n) is 14.5. The molecule has 40 heavy (non-hydrogen) atoms. The van der Waals surface area contributed by atoms with Crippen LogP contribution < -0.4 is 0 Å². The molecule has 5 heterocycles. The van der Waals surface area contributed by atoms with Crippen LogP contribution in [0.25, 0.3) is 44.7 Å². The van der Waals surface area contributed by atoms with Gasteiger partial charge in [0.05, 0.1) is 18.9 Å². The Bertz CT molecular complexity index is 1690. The fourth-order valence-corrected chi connectivity index (χ4v) is 7.11. The number of morpholine rings is 1. The molecule has 0 radical (unpaired) electrons. The Morgan fingerprint density at radius 2 is 1.55 bits per heavy atom. The van der Waals surface area contributed by atoms with E-state index in [9.17, 15) is 0 Å². The molecule has 2 saturated heterocycles. The normalized spacial score (nSPS) is 22.5. The fourth-order valence-electron chi connectivity index (χ4n) is 7.11. The Morgan fingerprint density at radius 1 is 0.775 bits per heavy atom. The standard InChI is InChI=1S/C34H33N5O/c1-21-12-13-35-32(14-21)23-3-5-24(6-4-23)33-31-16-27(18-36-34(31)38-37-33)26-7-2-22-8-10-28(11-9-25(22)15-26)39-29-17-30(39)20-40-19-29/h2-7,12-16,18,28-30H,8-11,17,19-20H2,1H3,(H,36,37,38)/t28-,29?,30?/m0/s1. The maximum Gasteiger partial charge on any atom is 0.155 e. The maximum absolute atomic E-state index is 5.74. The van der Waals surface area contributed by atoms with Gasteiger partial charge in [-0.3, -0.25) is 15.0 Å². The SMILES string of the molecule is Cc1ccnc(-c2ccc(-c3n[nH]c4ncc(-c5ccc6c(c5)CC[C@@H](N5C7COCC5C7)CC6)cc34)cc2)c1. The van der Waals surface area contributed by atoms with Crippen LogP contribution in [0.15, 0.2) is 73.1 Å². The fraction of sp³-hybridized carbons (Fsp3) is 0.324. The molecular weight excluding hydrogens is 494 g/mol. The van der Waals surface area contributed by atoms with Crippen LogP contribution in [0.1, 0.15) is 36.0 Å². The molecule has 1 aliphatic carbocycles. The predicted molar refractivity (Wildman–Crippen MR) is 158 cm³/mol. The summed E-state index contributed by atoms with van der Waals surface area (Å²) in [6, 6.07) is 23.9. The van der Waals surface area contributed by atoms with E-state index < -0.39 is 0 Å². The van der Waals surface area contributed by atoms with Gasteiger partial charge in [0, 0.05) is 52.6 Å². The highest BCUT2D eigenvalue weighted by Gasteiger charge is 2.45. The highest BCUT2D eigenvalue weighted by Crippen LogP contribution is 2.38. The predicted octanol–water partition coefficient (Wildman–Crippen LogP) is 6.38. The molecule has 0 amide bonds. The van der Waals surface area contributed by atoms with Crippen molar-refractivity contribution in [2.45, 2.75) is 57.2 Å². The van der Waals surface area contributed by atoms with Gasteiger partial charge in [-0.1, -0.05) is 42.5 Å². The summed E-state index contributed by atoms with van der Waals surface area (Å²) < 4.78 is 5.74. The van der Waals surface area contributed by atoms with Crippen molar-refractivity contribution in [3.05, 3.63) is 89.7 Å². The number of aromatic nitrogens is 4. The van der Waals surface area contributed by atoms with Crippen molar-refractivity contribution >= 4 is 11.0 Å². The lowest BCUT2D eigenvalue weighted by Crippen LogP contribution is -2.66. The minimum atomic E-state index is 0.651. The van der Waals surface area contributed by atoms with Gasteiger partial charge >= 0.3 is 0 Å². The van der Waals surface area contributed by atoms with Gasteiger partial charge < -0.3 is 4.74 Å². The minimum Gasteiger partial charge on any atom is -0.378 e. The first kappa shape index (κ1) is 24.0. The molecule has 3 atom stereocenters. The third-order valence-corrected chi connectivity index (χ3v) is 9.25. The molecule has 2 aliphatic heterocycles. The van der Waals surface area contributed by atoms with Crippen molar-refractivity contribution in [1.29, 1.82) is 0 Å². The molecule has 0 spiro atoms. The van der Waals surface area contributed by atoms with Crippen molar-refractivity contribution in [3.8, 4) is 33.6 Å². The number of benzene rings is 2. The molecule has 6 heteroatoms. The number of rotatable bonds is 4. The number of pyridine rings is 2. The molecule has 2 unspecified atom stereocenters. The van der Waals surface area contributed by atoms with E-state index in [1.54, 1.807) is 0 Å². The van der Waals surface area contributed by atoms with E-state index in [2.05, 4.69) is 81.6 Å². The lowest BCUT2D eigenvalue weighted by Gasteiger charge is -2.56. The zero-order valence-electron chi connectivity index (χ0n) is 22.8. The number of nitrogens with zero attached hydrogens (tertiary/aromatic N) is 4. The topological polar surface area (TPSA) is 66.9 Å². The van der Waals surface area contributed by atoms with Gasteiger partial charge in [-0.15, -0.1) is 0 Å². The second kappa shape index (κ2) is 9.65. The quantitative estimate of drug-likeness (QED) is 0.275. The molecule has 5 aromatic rings. The Balaban J connectivity index is 1.06. The van der Waals surface area contributed by atoms with Crippen LogP contribution in [-0.2, 0) is 17.6 Å². The Labute approximate surface area is 234 Å². The summed E-state index contributed by atoms with van der Waals surface area (Å²) in [5.41, 5.74) is 11.5. The van der Waals surface area contributed by atoms with Gasteiger partial charge in [-0.2, -0.15) is 5.10 Å². The highest BCUT2D eigenvalue weighted by atomic mass is 16.5. The molecule has 8 rings (SSSR count). The molecule has 6 nitrogen and oxygen atoms in total. The molecule has 0 saturated carbocycles. The van der Waals surface area contributed by atoms with Crippen molar-refractivity contribution in [1.82, 2.24) is 25.1 Å². The minimum absolute atomic E-state index is 0.651. The zero-order valence-corrected chi connectivity index (χ0v) is 22.8. The molecule has 2 bridgehead atoms. The van der Waals surface area contributed by atoms with Crippen molar-refractivity contribution in [3.63, 3.8) is 0 Å². The summed E-state index contributed by atoms with van der Waals surface area (Å²) in [5, 5.41) is 8.82. The first-order valence-corrected chi connectivity index (χ1v) is 14.5. The lowest BCUT2D eigenvalue weighted by molar-refractivity contribution is -0.148. The van der Waals surface area contributed by atoms with Crippen LogP contribution >= 0.6 is 0 Å². The number of nitrogens with one attached hydrogen (secondary N) is 1. The number of fused-ring (bicyclic) bond motifs is 4. The smallest absolute Gasteiger partial charge is 0.155 e. The average Bonchev–Trinajstić information content (AvgIpc) is 3.31. The van der Waals surface area contributed by atoms with E-state index in [1.807, 2.05) is 18.5 Å². The van der Waals surface area contributed by atoms with E-state index in [0.717, 1.165) is 65.2 Å².